The maximum atomic E-state index is 12.0. The number of para-hydroxylation sites is 1. The summed E-state index contributed by atoms with van der Waals surface area (Å²) in [5, 5.41) is 0.599. The molecule has 1 aromatic carbocycles. The molecule has 1 aliphatic heterocycles. The van der Waals surface area contributed by atoms with E-state index in [0.717, 1.165) is 17.6 Å². The van der Waals surface area contributed by atoms with Gasteiger partial charge in [0.1, 0.15) is 0 Å². The molecule has 6 heteroatoms. The molecule has 2 aromatic rings. The van der Waals surface area contributed by atoms with E-state index >= 15 is 0 Å². The average molecular weight is 310 g/mol. The molecule has 0 amide bonds. The fourth-order valence-corrected chi connectivity index (χ4v) is 2.49. The molecule has 0 radical (unpaired) electrons. The predicted molar refractivity (Wildman–Crippen MR) is 73.1 cm³/mol. The summed E-state index contributed by atoms with van der Waals surface area (Å²) < 4.78 is 6.13. The van der Waals surface area contributed by atoms with Crippen molar-refractivity contribution in [2.24, 2.45) is 0 Å². The molecular weight excluding hydrogens is 298 g/mol. The summed E-state index contributed by atoms with van der Waals surface area (Å²) in [5.41, 5.74) is 0.588. The van der Waals surface area contributed by atoms with Gasteiger partial charge in [0.05, 0.1) is 24.1 Å². The zero-order chi connectivity index (χ0) is 12.5. The van der Waals surface area contributed by atoms with Crippen molar-refractivity contribution in [1.29, 1.82) is 0 Å². The Bertz CT molecular complexity index is 635. The summed E-state index contributed by atoms with van der Waals surface area (Å²) in [5.74, 6) is 0.614. The van der Waals surface area contributed by atoms with Crippen LogP contribution in [0.25, 0.3) is 10.9 Å². The van der Waals surface area contributed by atoms with E-state index in [-0.39, 0.29) is 5.56 Å². The van der Waals surface area contributed by atoms with Gasteiger partial charge < -0.3 is 9.64 Å². The third-order valence-corrected chi connectivity index (χ3v) is 3.62. The first-order valence-corrected chi connectivity index (χ1v) is 6.56. The number of anilines is 1. The van der Waals surface area contributed by atoms with Gasteiger partial charge in [-0.1, -0.05) is 6.07 Å². The van der Waals surface area contributed by atoms with Crippen molar-refractivity contribution in [3.63, 3.8) is 0 Å². The first-order chi connectivity index (χ1) is 8.75. The number of aromatic nitrogens is 2. The quantitative estimate of drug-likeness (QED) is 0.868. The van der Waals surface area contributed by atoms with Gasteiger partial charge in [-0.15, -0.1) is 0 Å². The second-order valence-corrected chi connectivity index (χ2v) is 4.98. The number of hydrogen-bond donors (Lipinski definition) is 1. The molecule has 0 bridgehead atoms. The number of rotatable bonds is 1. The second kappa shape index (κ2) is 4.70. The highest BCUT2D eigenvalue weighted by molar-refractivity contribution is 9.10. The molecule has 2 heterocycles. The van der Waals surface area contributed by atoms with Gasteiger partial charge in [-0.05, 0) is 28.1 Å². The molecule has 1 N–H and O–H groups in total. The highest BCUT2D eigenvalue weighted by Crippen LogP contribution is 2.21. The number of fused-ring (bicyclic) bond motifs is 1. The van der Waals surface area contributed by atoms with E-state index in [9.17, 15) is 4.79 Å². The van der Waals surface area contributed by atoms with Gasteiger partial charge in [0.15, 0.2) is 0 Å². The molecule has 94 valence electrons. The van der Waals surface area contributed by atoms with E-state index in [4.69, 9.17) is 4.74 Å². The molecule has 3 rings (SSSR count). The number of nitrogens with one attached hydrogen (secondary N) is 1. The second-order valence-electron chi connectivity index (χ2n) is 4.12. The predicted octanol–water partition coefficient (Wildman–Crippen LogP) is 1.52. The SMILES string of the molecule is O=c1[nH]c(N2CCOCC2)nc2c(Br)cccc12. The van der Waals surface area contributed by atoms with E-state index in [2.05, 4.69) is 25.9 Å². The van der Waals surface area contributed by atoms with Crippen LogP contribution in [0.15, 0.2) is 27.5 Å². The minimum absolute atomic E-state index is 0.109. The van der Waals surface area contributed by atoms with Crippen LogP contribution < -0.4 is 10.5 Å². The highest BCUT2D eigenvalue weighted by Gasteiger charge is 2.15. The van der Waals surface area contributed by atoms with Crippen LogP contribution in [0.5, 0.6) is 0 Å². The minimum Gasteiger partial charge on any atom is -0.378 e. The van der Waals surface area contributed by atoms with Crippen LogP contribution in [-0.4, -0.2) is 36.3 Å². The summed E-state index contributed by atoms with van der Waals surface area (Å²) >= 11 is 3.43. The summed E-state index contributed by atoms with van der Waals surface area (Å²) in [7, 11) is 0. The van der Waals surface area contributed by atoms with Gasteiger partial charge in [-0.2, -0.15) is 0 Å². The number of morpholine rings is 1. The van der Waals surface area contributed by atoms with Crippen LogP contribution in [0.1, 0.15) is 0 Å². The van der Waals surface area contributed by atoms with Gasteiger partial charge in [0.2, 0.25) is 5.95 Å². The maximum absolute atomic E-state index is 12.0. The summed E-state index contributed by atoms with van der Waals surface area (Å²) in [4.78, 5) is 21.4. The van der Waals surface area contributed by atoms with Crippen LogP contribution in [-0.2, 0) is 4.74 Å². The molecule has 0 unspecified atom stereocenters. The lowest BCUT2D eigenvalue weighted by atomic mass is 10.2. The van der Waals surface area contributed by atoms with E-state index in [0.29, 0.717) is 30.1 Å². The third kappa shape index (κ3) is 2.02. The largest absolute Gasteiger partial charge is 0.378 e. The summed E-state index contributed by atoms with van der Waals surface area (Å²) in [6, 6.07) is 5.49. The number of ether oxygens (including phenoxy) is 1. The molecular formula is C12H12BrN3O2. The van der Waals surface area contributed by atoms with E-state index in [1.807, 2.05) is 17.0 Å². The third-order valence-electron chi connectivity index (χ3n) is 2.99. The van der Waals surface area contributed by atoms with Crippen molar-refractivity contribution in [3.05, 3.63) is 33.0 Å². The number of aromatic amines is 1. The Hall–Kier alpha value is -1.40. The van der Waals surface area contributed by atoms with Crippen LogP contribution in [0.4, 0.5) is 5.95 Å². The van der Waals surface area contributed by atoms with Gasteiger partial charge in [0, 0.05) is 17.6 Å². The van der Waals surface area contributed by atoms with Crippen molar-refractivity contribution in [1.82, 2.24) is 9.97 Å². The summed E-state index contributed by atoms with van der Waals surface area (Å²) in [6.45, 7) is 2.83. The lowest BCUT2D eigenvalue weighted by Crippen LogP contribution is -2.38. The molecule has 18 heavy (non-hydrogen) atoms. The van der Waals surface area contributed by atoms with E-state index in [1.54, 1.807) is 6.07 Å². The molecule has 0 aliphatic carbocycles. The number of H-pyrrole nitrogens is 1. The molecule has 0 saturated carbocycles. The Morgan fingerprint density at radius 1 is 1.33 bits per heavy atom. The van der Waals surface area contributed by atoms with Crippen LogP contribution in [0, 0.1) is 0 Å². The first kappa shape index (κ1) is 11.7. The van der Waals surface area contributed by atoms with Gasteiger partial charge >= 0.3 is 0 Å². The van der Waals surface area contributed by atoms with Crippen LogP contribution in [0.2, 0.25) is 0 Å². The Balaban J connectivity index is 2.14. The van der Waals surface area contributed by atoms with Crippen LogP contribution in [0.3, 0.4) is 0 Å². The lowest BCUT2D eigenvalue weighted by molar-refractivity contribution is 0.122. The minimum atomic E-state index is -0.109. The summed E-state index contributed by atoms with van der Waals surface area (Å²) in [6.07, 6.45) is 0. The number of hydrogen-bond acceptors (Lipinski definition) is 4. The lowest BCUT2D eigenvalue weighted by Gasteiger charge is -2.27. The number of benzene rings is 1. The van der Waals surface area contributed by atoms with Gasteiger partial charge in [-0.25, -0.2) is 4.98 Å². The van der Waals surface area contributed by atoms with Crippen LogP contribution >= 0.6 is 15.9 Å². The Morgan fingerprint density at radius 2 is 2.11 bits per heavy atom. The molecule has 0 atom stereocenters. The number of nitrogens with zero attached hydrogens (tertiary/aromatic N) is 2. The molecule has 1 aromatic heterocycles. The molecule has 1 fully saturated rings. The first-order valence-electron chi connectivity index (χ1n) is 5.77. The fourth-order valence-electron chi connectivity index (χ4n) is 2.04. The number of halogens is 1. The van der Waals surface area contributed by atoms with E-state index < -0.39 is 0 Å². The van der Waals surface area contributed by atoms with Crippen molar-refractivity contribution in [2.45, 2.75) is 0 Å². The van der Waals surface area contributed by atoms with E-state index in [1.165, 1.54) is 0 Å². The highest BCUT2D eigenvalue weighted by atomic mass is 79.9. The molecule has 1 aliphatic rings. The maximum Gasteiger partial charge on any atom is 0.260 e. The van der Waals surface area contributed by atoms with Gasteiger partial charge in [-0.3, -0.25) is 9.78 Å². The monoisotopic (exact) mass is 309 g/mol. The van der Waals surface area contributed by atoms with Crippen molar-refractivity contribution >= 4 is 32.8 Å². The normalized spacial score (nSPS) is 16.2. The van der Waals surface area contributed by atoms with Gasteiger partial charge in [0.25, 0.3) is 5.56 Å². The van der Waals surface area contributed by atoms with Crippen molar-refractivity contribution < 1.29 is 4.74 Å². The Morgan fingerprint density at radius 3 is 2.89 bits per heavy atom. The molecule has 5 nitrogen and oxygen atoms in total. The standard InChI is InChI=1S/C12H12BrN3O2/c13-9-3-1-2-8-10(9)14-12(15-11(8)17)16-4-6-18-7-5-16/h1-3H,4-7H2,(H,14,15,17). The Kier molecular flexibility index (Phi) is 3.05. The zero-order valence-electron chi connectivity index (χ0n) is 9.65. The molecule has 1 saturated heterocycles. The topological polar surface area (TPSA) is 58.2 Å². The fraction of sp³-hybridized carbons (Fsp3) is 0.333. The Labute approximate surface area is 112 Å². The smallest absolute Gasteiger partial charge is 0.260 e. The zero-order valence-corrected chi connectivity index (χ0v) is 11.2. The average Bonchev–Trinajstić information content (AvgIpc) is 2.41. The van der Waals surface area contributed by atoms with Crippen molar-refractivity contribution in [2.75, 3.05) is 31.2 Å². The molecule has 0 spiro atoms. The van der Waals surface area contributed by atoms with Crippen molar-refractivity contribution in [3.8, 4) is 0 Å².